The van der Waals surface area contributed by atoms with E-state index in [0.717, 1.165) is 18.4 Å². The van der Waals surface area contributed by atoms with E-state index in [-0.39, 0.29) is 28.3 Å². The van der Waals surface area contributed by atoms with Crippen LogP contribution in [0, 0.1) is 16.0 Å². The second-order valence-corrected chi connectivity index (χ2v) is 11.0. The number of benzene rings is 1. The molecule has 1 aromatic carbocycles. The fourth-order valence-corrected chi connectivity index (χ4v) is 4.74. The van der Waals surface area contributed by atoms with Gasteiger partial charge in [0.15, 0.2) is 0 Å². The van der Waals surface area contributed by atoms with Gasteiger partial charge in [-0.3, -0.25) is 4.72 Å². The highest BCUT2D eigenvalue weighted by Gasteiger charge is 2.32. The van der Waals surface area contributed by atoms with Crippen LogP contribution in [0.5, 0.6) is 5.75 Å². The second kappa shape index (κ2) is 9.81. The Labute approximate surface area is 196 Å². The summed E-state index contributed by atoms with van der Waals surface area (Å²) in [4.78, 5) is 16.8. The first-order valence-electron chi connectivity index (χ1n) is 10.0. The molecular formula is C21H26Cl2N4O3S. The lowest BCUT2D eigenvalue weighted by atomic mass is 9.85. The van der Waals surface area contributed by atoms with Crippen LogP contribution in [0.2, 0.25) is 10.0 Å². The summed E-state index contributed by atoms with van der Waals surface area (Å²) in [6, 6.07) is 7.94. The van der Waals surface area contributed by atoms with Crippen molar-refractivity contribution >= 4 is 46.8 Å². The van der Waals surface area contributed by atoms with Gasteiger partial charge < -0.3 is 20.1 Å². The number of pyridine rings is 1. The third-order valence-electron chi connectivity index (χ3n) is 5.14. The molecule has 168 valence electrons. The highest BCUT2D eigenvalue weighted by Crippen LogP contribution is 2.41. The average Bonchev–Trinajstić information content (AvgIpc) is 2.71. The third kappa shape index (κ3) is 6.16. The number of phenolic OH excluding ortho intramolecular Hbond substituents is 1. The summed E-state index contributed by atoms with van der Waals surface area (Å²) in [5.74, 6) is 0.803. The average molecular weight is 485 g/mol. The molecule has 0 saturated carbocycles. The molecular weight excluding hydrogens is 459 g/mol. The summed E-state index contributed by atoms with van der Waals surface area (Å²) in [6.45, 7) is 7.77. The highest BCUT2D eigenvalue weighted by atomic mass is 35.5. The van der Waals surface area contributed by atoms with Crippen molar-refractivity contribution in [3.63, 3.8) is 0 Å². The molecule has 7 nitrogen and oxygen atoms in total. The van der Waals surface area contributed by atoms with Crippen LogP contribution < -0.4 is 9.62 Å². The molecule has 1 unspecified atom stereocenters. The molecule has 3 rings (SSSR count). The van der Waals surface area contributed by atoms with E-state index in [1.807, 2.05) is 0 Å². The molecule has 1 saturated heterocycles. The number of nitrogens with one attached hydrogen (secondary N) is 1. The number of anilines is 1. The van der Waals surface area contributed by atoms with Crippen LogP contribution in [-0.4, -0.2) is 32.9 Å². The van der Waals surface area contributed by atoms with E-state index in [2.05, 4.69) is 35.4 Å². The molecule has 0 radical (unpaired) electrons. The largest absolute Gasteiger partial charge is 0.508 e. The van der Waals surface area contributed by atoms with Crippen molar-refractivity contribution in [3.05, 3.63) is 56.1 Å². The van der Waals surface area contributed by atoms with Gasteiger partial charge in [0.2, 0.25) is 5.82 Å². The number of phenols is 1. The van der Waals surface area contributed by atoms with Crippen LogP contribution in [0.15, 0.2) is 30.3 Å². The molecule has 0 aliphatic carbocycles. The van der Waals surface area contributed by atoms with E-state index in [1.54, 1.807) is 30.1 Å². The fourth-order valence-electron chi connectivity index (χ4n) is 3.61. The van der Waals surface area contributed by atoms with Crippen LogP contribution in [0.1, 0.15) is 45.2 Å². The van der Waals surface area contributed by atoms with Crippen molar-refractivity contribution in [3.8, 4) is 5.75 Å². The highest BCUT2D eigenvalue weighted by molar-refractivity contribution is 7.98. The molecule has 0 spiro atoms. The molecule has 2 aromatic rings. The molecule has 2 heterocycles. The van der Waals surface area contributed by atoms with Crippen LogP contribution in [0.3, 0.4) is 0 Å². The summed E-state index contributed by atoms with van der Waals surface area (Å²) >= 11 is 13.9. The van der Waals surface area contributed by atoms with Gasteiger partial charge in [0, 0.05) is 47.6 Å². The number of nitro groups is 1. The molecule has 0 amide bonds. The first-order valence-corrected chi connectivity index (χ1v) is 11.6. The Morgan fingerprint density at radius 2 is 1.90 bits per heavy atom. The van der Waals surface area contributed by atoms with Crippen molar-refractivity contribution in [2.24, 2.45) is 5.92 Å². The van der Waals surface area contributed by atoms with E-state index >= 15 is 0 Å². The molecule has 1 aromatic heterocycles. The lowest BCUT2D eigenvalue weighted by Gasteiger charge is -2.37. The van der Waals surface area contributed by atoms with Gasteiger partial charge in [0.25, 0.3) is 0 Å². The zero-order valence-corrected chi connectivity index (χ0v) is 20.0. The Kier molecular flexibility index (Phi) is 7.57. The van der Waals surface area contributed by atoms with Crippen molar-refractivity contribution in [1.29, 1.82) is 0 Å². The SMILES string of the molecule is CC(C)(C)SNC(c1cc(Cl)c(Cl)cc1O)C1CCN(c2cccc([N+](=O)[O-])n2)CC1. The van der Waals surface area contributed by atoms with E-state index < -0.39 is 4.92 Å². The van der Waals surface area contributed by atoms with Crippen molar-refractivity contribution in [1.82, 2.24) is 9.71 Å². The molecule has 1 aliphatic rings. The summed E-state index contributed by atoms with van der Waals surface area (Å²) < 4.78 is 3.53. The van der Waals surface area contributed by atoms with Gasteiger partial charge in [-0.15, -0.1) is 0 Å². The predicted molar refractivity (Wildman–Crippen MR) is 127 cm³/mol. The molecule has 10 heteroatoms. The Morgan fingerprint density at radius 1 is 1.26 bits per heavy atom. The van der Waals surface area contributed by atoms with Gasteiger partial charge in [-0.1, -0.05) is 35.1 Å². The molecule has 1 fully saturated rings. The van der Waals surface area contributed by atoms with Gasteiger partial charge >= 0.3 is 5.82 Å². The number of aromatic nitrogens is 1. The smallest absolute Gasteiger partial charge is 0.365 e. The molecule has 31 heavy (non-hydrogen) atoms. The maximum absolute atomic E-state index is 11.0. The van der Waals surface area contributed by atoms with Crippen LogP contribution in [0.25, 0.3) is 0 Å². The summed E-state index contributed by atoms with van der Waals surface area (Å²) in [5, 5.41) is 22.3. The molecule has 1 atom stereocenters. The van der Waals surface area contributed by atoms with Crippen molar-refractivity contribution in [2.45, 2.75) is 44.4 Å². The minimum Gasteiger partial charge on any atom is -0.508 e. The number of aromatic hydroxyl groups is 1. The number of hydrogen-bond acceptors (Lipinski definition) is 7. The Bertz CT molecular complexity index is 947. The van der Waals surface area contributed by atoms with Gasteiger partial charge in [-0.25, -0.2) is 0 Å². The van der Waals surface area contributed by atoms with E-state index in [0.29, 0.717) is 29.0 Å². The van der Waals surface area contributed by atoms with Gasteiger partial charge in [0.05, 0.1) is 10.0 Å². The van der Waals surface area contributed by atoms with Crippen LogP contribution in [0.4, 0.5) is 11.6 Å². The Hall–Kier alpha value is -1.74. The summed E-state index contributed by atoms with van der Waals surface area (Å²) in [6.07, 6.45) is 1.65. The lowest BCUT2D eigenvalue weighted by molar-refractivity contribution is -0.389. The Morgan fingerprint density at radius 3 is 2.52 bits per heavy atom. The number of piperidine rings is 1. The first-order chi connectivity index (χ1) is 14.5. The molecule has 1 aliphatic heterocycles. The van der Waals surface area contributed by atoms with Crippen molar-refractivity contribution in [2.75, 3.05) is 18.0 Å². The number of halogens is 2. The summed E-state index contributed by atoms with van der Waals surface area (Å²) in [5.41, 5.74) is 0.720. The summed E-state index contributed by atoms with van der Waals surface area (Å²) in [7, 11) is 0. The van der Waals surface area contributed by atoms with Crippen molar-refractivity contribution < 1.29 is 10.0 Å². The van der Waals surface area contributed by atoms with Crippen LogP contribution in [-0.2, 0) is 0 Å². The fraction of sp³-hybridized carbons (Fsp3) is 0.476. The lowest BCUT2D eigenvalue weighted by Crippen LogP contribution is -2.39. The topological polar surface area (TPSA) is 91.5 Å². The minimum absolute atomic E-state index is 0.0162. The minimum atomic E-state index is -0.479. The van der Waals surface area contributed by atoms with E-state index in [4.69, 9.17) is 23.2 Å². The third-order valence-corrected chi connectivity index (χ3v) is 6.84. The van der Waals surface area contributed by atoms with Crippen LogP contribution >= 0.6 is 35.1 Å². The zero-order valence-electron chi connectivity index (χ0n) is 17.6. The van der Waals surface area contributed by atoms with Gasteiger partial charge in [0.1, 0.15) is 5.75 Å². The normalized spacial score (nSPS) is 16.4. The first kappa shape index (κ1) is 23.9. The predicted octanol–water partition coefficient (Wildman–Crippen LogP) is 6.00. The standard InChI is InChI=1S/C21H26Cl2N4O3S/c1-21(2,3)31-25-20(14-11-15(22)16(23)12-17(14)28)13-7-9-26(10-8-13)18-5-4-6-19(24-18)27(29)30/h4-6,11-13,20,25,28H,7-10H2,1-3H3. The molecule has 2 N–H and O–H groups in total. The van der Waals surface area contributed by atoms with Gasteiger partial charge in [-0.2, -0.15) is 0 Å². The Balaban J connectivity index is 1.79. The molecule has 0 bridgehead atoms. The number of hydrogen-bond donors (Lipinski definition) is 2. The van der Waals surface area contributed by atoms with E-state index in [1.165, 1.54) is 12.1 Å². The van der Waals surface area contributed by atoms with E-state index in [9.17, 15) is 15.2 Å². The van der Waals surface area contributed by atoms with Gasteiger partial charge in [-0.05, 0) is 61.6 Å². The maximum atomic E-state index is 11.0. The second-order valence-electron chi connectivity index (χ2n) is 8.57. The zero-order chi connectivity index (χ0) is 22.8. The number of rotatable bonds is 6. The monoisotopic (exact) mass is 484 g/mol. The maximum Gasteiger partial charge on any atom is 0.365 e. The quantitative estimate of drug-likeness (QED) is 0.295. The number of nitrogens with zero attached hydrogens (tertiary/aromatic N) is 3.